The highest BCUT2D eigenvalue weighted by Gasteiger charge is 2.73. The number of benzene rings is 4. The number of methoxy groups -OCH3 is 1. The Hall–Kier alpha value is -4.51. The fourth-order valence-electron chi connectivity index (χ4n) is 4.63. The second-order valence-electron chi connectivity index (χ2n) is 10.2. The average Bonchev–Trinajstić information content (AvgIpc) is 3.01. The number of halogens is 6. The SMILES string of the molecule is COc1ccc(COC(c2ccc(OC(Cc3ccccc3)C(=O)OCc3ccccc3)c(C)c2)(C(F)(F)F)C(F)(F)F)cc1. The minimum atomic E-state index is -5.89. The predicted octanol–water partition coefficient (Wildman–Crippen LogP) is 8.27. The molecule has 0 aliphatic heterocycles. The molecule has 1 unspecified atom stereocenters. The van der Waals surface area contributed by atoms with Crippen molar-refractivity contribution in [1.82, 2.24) is 0 Å². The summed E-state index contributed by atoms with van der Waals surface area (Å²) in [5, 5.41) is 0. The van der Waals surface area contributed by atoms with Crippen LogP contribution in [0, 0.1) is 6.92 Å². The van der Waals surface area contributed by atoms with Crippen LogP contribution in [0.4, 0.5) is 26.3 Å². The van der Waals surface area contributed by atoms with E-state index in [0.717, 1.165) is 11.6 Å². The van der Waals surface area contributed by atoms with Crippen molar-refractivity contribution in [2.45, 2.75) is 50.6 Å². The highest BCUT2D eigenvalue weighted by Crippen LogP contribution is 2.53. The zero-order valence-electron chi connectivity index (χ0n) is 24.3. The number of hydrogen-bond donors (Lipinski definition) is 0. The summed E-state index contributed by atoms with van der Waals surface area (Å²) < 4.78 is 108. The Morgan fingerprint density at radius 2 is 1.27 bits per heavy atom. The third kappa shape index (κ3) is 7.96. The average molecular weight is 633 g/mol. The van der Waals surface area contributed by atoms with E-state index in [1.54, 1.807) is 60.7 Å². The van der Waals surface area contributed by atoms with Crippen molar-refractivity contribution in [2.24, 2.45) is 0 Å². The number of rotatable bonds is 12. The van der Waals surface area contributed by atoms with Crippen molar-refractivity contribution < 1.29 is 50.1 Å². The third-order valence-electron chi connectivity index (χ3n) is 7.01. The molecule has 0 radical (unpaired) electrons. The first-order valence-corrected chi connectivity index (χ1v) is 13.8. The van der Waals surface area contributed by atoms with Crippen LogP contribution in [0.5, 0.6) is 11.5 Å². The van der Waals surface area contributed by atoms with Gasteiger partial charge in [0.15, 0.2) is 6.10 Å². The number of esters is 1. The van der Waals surface area contributed by atoms with Gasteiger partial charge in [-0.1, -0.05) is 78.9 Å². The van der Waals surface area contributed by atoms with Crippen molar-refractivity contribution in [1.29, 1.82) is 0 Å². The monoisotopic (exact) mass is 632 g/mol. The van der Waals surface area contributed by atoms with Crippen molar-refractivity contribution in [3.05, 3.63) is 131 Å². The summed E-state index contributed by atoms with van der Waals surface area (Å²) in [6.45, 7) is 0.235. The van der Waals surface area contributed by atoms with Gasteiger partial charge in [0, 0.05) is 12.0 Å². The first-order valence-electron chi connectivity index (χ1n) is 13.8. The maximum atomic E-state index is 14.4. The Morgan fingerprint density at radius 3 is 1.80 bits per heavy atom. The number of hydrogen-bond acceptors (Lipinski definition) is 5. The van der Waals surface area contributed by atoms with Gasteiger partial charge in [-0.15, -0.1) is 0 Å². The summed E-state index contributed by atoms with van der Waals surface area (Å²) in [5.41, 5.74) is -4.42. The first kappa shape index (κ1) is 33.4. The quantitative estimate of drug-likeness (QED) is 0.116. The largest absolute Gasteiger partial charge is 0.497 e. The minimum Gasteiger partial charge on any atom is -0.497 e. The zero-order chi connectivity index (χ0) is 32.7. The molecule has 1 atom stereocenters. The molecule has 4 aromatic carbocycles. The van der Waals surface area contributed by atoms with E-state index in [9.17, 15) is 31.1 Å². The van der Waals surface area contributed by atoms with Crippen molar-refractivity contribution in [3.8, 4) is 11.5 Å². The molecule has 0 bridgehead atoms. The molecule has 45 heavy (non-hydrogen) atoms. The molecule has 0 aromatic heterocycles. The maximum absolute atomic E-state index is 14.4. The second-order valence-corrected chi connectivity index (χ2v) is 10.2. The van der Waals surface area contributed by atoms with E-state index in [4.69, 9.17) is 18.9 Å². The van der Waals surface area contributed by atoms with Crippen LogP contribution < -0.4 is 9.47 Å². The lowest BCUT2D eigenvalue weighted by atomic mass is 9.90. The Kier molecular flexibility index (Phi) is 10.4. The topological polar surface area (TPSA) is 54.0 Å². The van der Waals surface area contributed by atoms with Crippen molar-refractivity contribution >= 4 is 5.97 Å². The predicted molar refractivity (Wildman–Crippen MR) is 154 cm³/mol. The molecule has 0 saturated heterocycles. The molecular weight excluding hydrogens is 602 g/mol. The van der Waals surface area contributed by atoms with Crippen LogP contribution in [0.15, 0.2) is 103 Å². The van der Waals surface area contributed by atoms with Gasteiger partial charge >= 0.3 is 18.3 Å². The highest BCUT2D eigenvalue weighted by molar-refractivity contribution is 5.75. The minimum absolute atomic E-state index is 0.0374. The Morgan fingerprint density at radius 1 is 0.711 bits per heavy atom. The fourth-order valence-corrected chi connectivity index (χ4v) is 4.63. The molecular formula is C34H30F6O5. The number of alkyl halides is 6. The third-order valence-corrected chi connectivity index (χ3v) is 7.01. The van der Waals surface area contributed by atoms with Crippen LogP contribution >= 0.6 is 0 Å². The summed E-state index contributed by atoms with van der Waals surface area (Å²) in [4.78, 5) is 13.1. The molecule has 4 rings (SSSR count). The lowest BCUT2D eigenvalue weighted by molar-refractivity contribution is -0.392. The Labute approximate surface area is 256 Å². The molecule has 5 nitrogen and oxygen atoms in total. The molecule has 0 fully saturated rings. The van der Waals surface area contributed by atoms with Gasteiger partial charge in [-0.3, -0.25) is 0 Å². The summed E-state index contributed by atoms with van der Waals surface area (Å²) in [6, 6.07) is 25.4. The second kappa shape index (κ2) is 14.1. The van der Waals surface area contributed by atoms with Gasteiger partial charge in [0.1, 0.15) is 18.1 Å². The summed E-state index contributed by atoms with van der Waals surface area (Å²) >= 11 is 0. The molecule has 11 heteroatoms. The van der Waals surface area contributed by atoms with Gasteiger partial charge in [-0.2, -0.15) is 26.3 Å². The van der Waals surface area contributed by atoms with Crippen LogP contribution in [0.3, 0.4) is 0 Å². The molecule has 0 heterocycles. The van der Waals surface area contributed by atoms with Crippen LogP contribution in [0.25, 0.3) is 0 Å². The first-order chi connectivity index (χ1) is 21.3. The van der Waals surface area contributed by atoms with E-state index in [1.807, 2.05) is 0 Å². The van der Waals surface area contributed by atoms with Crippen LogP contribution in [0.1, 0.15) is 27.8 Å². The van der Waals surface area contributed by atoms with E-state index in [1.165, 1.54) is 38.3 Å². The zero-order valence-corrected chi connectivity index (χ0v) is 24.3. The smallest absolute Gasteiger partial charge is 0.430 e. The van der Waals surface area contributed by atoms with Crippen LogP contribution in [-0.2, 0) is 39.5 Å². The molecule has 4 aromatic rings. The van der Waals surface area contributed by atoms with E-state index in [2.05, 4.69) is 0 Å². The van der Waals surface area contributed by atoms with Crippen LogP contribution in [-0.4, -0.2) is 31.5 Å². The molecule has 0 N–H and O–H groups in total. The maximum Gasteiger partial charge on any atom is 0.430 e. The highest BCUT2D eigenvalue weighted by atomic mass is 19.4. The number of carbonyl (C=O) groups excluding carboxylic acids is 1. The van der Waals surface area contributed by atoms with Crippen LogP contribution in [0.2, 0.25) is 0 Å². The molecule has 0 aliphatic carbocycles. The van der Waals surface area contributed by atoms with Crippen molar-refractivity contribution in [2.75, 3.05) is 7.11 Å². The van der Waals surface area contributed by atoms with Gasteiger partial charge in [-0.05, 0) is 53.4 Å². The van der Waals surface area contributed by atoms with Gasteiger partial charge < -0.3 is 18.9 Å². The van der Waals surface area contributed by atoms with E-state index >= 15 is 0 Å². The standard InChI is InChI=1S/C34H30F6O5/c1-23-19-27(32(33(35,36)37,34(38,39)40)44-22-26-13-16-28(42-2)17-14-26)15-18-29(23)45-30(20-24-9-5-3-6-10-24)31(41)43-21-25-11-7-4-8-12-25/h3-19,30H,20-22H2,1-2H3. The van der Waals surface area contributed by atoms with Gasteiger partial charge in [0.2, 0.25) is 0 Å². The summed E-state index contributed by atoms with van der Waals surface area (Å²) in [5.74, 6) is -0.476. The number of aryl methyl sites for hydroxylation is 1. The molecule has 238 valence electrons. The van der Waals surface area contributed by atoms with E-state index in [-0.39, 0.29) is 29.9 Å². The lowest BCUT2D eigenvalue weighted by Crippen LogP contribution is -2.55. The van der Waals surface area contributed by atoms with E-state index in [0.29, 0.717) is 23.4 Å². The normalized spacial score (nSPS) is 12.8. The molecule has 0 spiro atoms. The summed E-state index contributed by atoms with van der Waals surface area (Å²) in [6.07, 6.45) is -13.0. The van der Waals surface area contributed by atoms with Gasteiger partial charge in [-0.25, -0.2) is 4.79 Å². The fraction of sp³-hybridized carbons (Fsp3) is 0.265. The Bertz CT molecular complexity index is 1520. The van der Waals surface area contributed by atoms with Gasteiger partial charge in [0.05, 0.1) is 13.7 Å². The number of carbonyl (C=O) groups is 1. The Balaban J connectivity index is 1.64. The number of ether oxygens (including phenoxy) is 4. The molecule has 0 amide bonds. The lowest BCUT2D eigenvalue weighted by Gasteiger charge is -2.37. The molecule has 0 saturated carbocycles. The van der Waals surface area contributed by atoms with E-state index < -0.39 is 42.2 Å². The molecule has 0 aliphatic rings. The summed E-state index contributed by atoms with van der Waals surface area (Å²) in [7, 11) is 1.37. The van der Waals surface area contributed by atoms with Gasteiger partial charge in [0.25, 0.3) is 5.60 Å². The van der Waals surface area contributed by atoms with Crippen molar-refractivity contribution in [3.63, 3.8) is 0 Å².